The maximum atomic E-state index is 12.1. The Labute approximate surface area is 320 Å². The first-order valence-electron chi connectivity index (χ1n) is 17.9. The summed E-state index contributed by atoms with van der Waals surface area (Å²) in [6, 6.07) is 20.2. The van der Waals surface area contributed by atoms with Crippen LogP contribution in [0.1, 0.15) is 68.6 Å². The zero-order valence-electron chi connectivity index (χ0n) is 31.0. The zero-order chi connectivity index (χ0) is 38.2. The number of hydrogen-bond donors (Lipinski definition) is 6. The van der Waals surface area contributed by atoms with Crippen LogP contribution in [0.4, 0.5) is 11.4 Å². The van der Waals surface area contributed by atoms with Crippen LogP contribution >= 0.6 is 25.3 Å². The number of quaternary nitrogens is 1. The maximum absolute atomic E-state index is 12.1. The first kappa shape index (κ1) is 36.6. The number of ether oxygens (including phenoxy) is 1. The fraction of sp³-hybridized carbons (Fsp3) is 0.317. The van der Waals surface area contributed by atoms with E-state index in [4.69, 9.17) is 40.2 Å². The monoisotopic (exact) mass is 752 g/mol. The largest absolute Gasteiger partial charge is 0.508 e. The molecule has 10 nitrogen and oxygen atoms in total. The van der Waals surface area contributed by atoms with E-state index in [-0.39, 0.29) is 40.2 Å². The molecule has 276 valence electrons. The number of nitrogens with zero attached hydrogens (tertiary/aromatic N) is 5. The standard InChI is InChI=1S/C41H45N5O5S2/c1-8-25-19-30(36(49)21-34(25)47)40(31-20-26(9-2)35(48)22-37(31)50)42-43-41(52,53)46(40,28-11-12-32-27(18-28)17-24(6)44(32)7)33-13-14-38(51-10-3)39-29(33)15-16-45(39)23(4)5/h11-23H,8-10H2,1-7H3,(H5-,47,48,49,50,52,53)/p+1. The normalized spacial score (nSPS) is 17.8. The summed E-state index contributed by atoms with van der Waals surface area (Å²) >= 11 is 10.6. The number of aromatic nitrogens is 2. The van der Waals surface area contributed by atoms with Gasteiger partial charge in [-0.15, -0.1) is 5.11 Å². The molecule has 2 aromatic heterocycles. The van der Waals surface area contributed by atoms with Crippen LogP contribution in [-0.4, -0.2) is 40.5 Å². The van der Waals surface area contributed by atoms with Gasteiger partial charge in [-0.1, -0.05) is 44.2 Å². The van der Waals surface area contributed by atoms with Crippen molar-refractivity contribution in [2.45, 2.75) is 70.4 Å². The van der Waals surface area contributed by atoms with Crippen molar-refractivity contribution < 1.29 is 25.2 Å². The van der Waals surface area contributed by atoms with E-state index in [0.717, 1.165) is 27.5 Å². The van der Waals surface area contributed by atoms with E-state index in [2.05, 4.69) is 35.1 Å². The third kappa shape index (κ3) is 5.05. The van der Waals surface area contributed by atoms with E-state index in [1.807, 2.05) is 71.3 Å². The number of hydrogen-bond acceptors (Lipinski definition) is 9. The molecular formula is C41H46N5O5S2+. The number of thiol groups is 2. The molecule has 0 saturated carbocycles. The lowest BCUT2D eigenvalue weighted by Gasteiger charge is -2.50. The Morgan fingerprint density at radius 3 is 1.98 bits per heavy atom. The molecule has 6 aromatic rings. The molecule has 3 heterocycles. The van der Waals surface area contributed by atoms with Gasteiger partial charge in [-0.25, -0.2) is 0 Å². The first-order chi connectivity index (χ1) is 25.2. The highest BCUT2D eigenvalue weighted by atomic mass is 32.2. The average molecular weight is 753 g/mol. The highest BCUT2D eigenvalue weighted by Crippen LogP contribution is 2.67. The molecular weight excluding hydrogens is 707 g/mol. The van der Waals surface area contributed by atoms with Gasteiger partial charge in [0, 0.05) is 66.2 Å². The number of aromatic hydroxyl groups is 4. The summed E-state index contributed by atoms with van der Waals surface area (Å²) in [6.45, 7) is 12.5. The van der Waals surface area contributed by atoms with Gasteiger partial charge in [0.05, 0.1) is 28.6 Å². The molecule has 0 fully saturated rings. The predicted molar refractivity (Wildman–Crippen MR) is 217 cm³/mol. The molecule has 1 unspecified atom stereocenters. The van der Waals surface area contributed by atoms with Crippen LogP contribution in [-0.2, 0) is 25.6 Å². The van der Waals surface area contributed by atoms with E-state index < -0.39 is 14.5 Å². The van der Waals surface area contributed by atoms with Crippen molar-refractivity contribution >= 4 is 58.4 Å². The number of aryl methyl sites for hydroxylation is 4. The second-order valence-corrected chi connectivity index (χ2v) is 15.6. The van der Waals surface area contributed by atoms with Crippen molar-refractivity contribution in [3.05, 3.63) is 101 Å². The van der Waals surface area contributed by atoms with Gasteiger partial charge in [-0.3, -0.25) is 0 Å². The number of fused-ring (bicyclic) bond motifs is 2. The van der Waals surface area contributed by atoms with Crippen LogP contribution in [0.5, 0.6) is 28.7 Å². The van der Waals surface area contributed by atoms with Gasteiger partial charge in [-0.05, 0) is 88.1 Å². The Morgan fingerprint density at radius 1 is 0.792 bits per heavy atom. The van der Waals surface area contributed by atoms with E-state index in [1.165, 1.54) is 12.1 Å². The highest BCUT2D eigenvalue weighted by Gasteiger charge is 2.73. The summed E-state index contributed by atoms with van der Waals surface area (Å²) < 4.78 is 8.39. The molecule has 4 aromatic carbocycles. The summed E-state index contributed by atoms with van der Waals surface area (Å²) in [5, 5.41) is 58.0. The van der Waals surface area contributed by atoms with Crippen LogP contribution in [0.25, 0.3) is 21.8 Å². The van der Waals surface area contributed by atoms with Gasteiger partial charge >= 0.3 is 4.33 Å². The Balaban J connectivity index is 1.79. The van der Waals surface area contributed by atoms with Crippen LogP contribution in [0.2, 0.25) is 0 Å². The summed E-state index contributed by atoms with van der Waals surface area (Å²) in [7, 11) is 2.01. The summed E-state index contributed by atoms with van der Waals surface area (Å²) in [6.07, 6.45) is 2.88. The van der Waals surface area contributed by atoms with Crippen LogP contribution in [0, 0.1) is 6.92 Å². The highest BCUT2D eigenvalue weighted by molar-refractivity contribution is 8.00. The van der Waals surface area contributed by atoms with E-state index >= 15 is 0 Å². The smallest absolute Gasteiger partial charge is 0.314 e. The molecule has 7 rings (SSSR count). The van der Waals surface area contributed by atoms with Crippen molar-refractivity contribution in [2.24, 2.45) is 17.3 Å². The SMILES string of the molecule is CCOc1ccc([N+]2(c3ccc4c(c3)cc(C)n4C)C(S)(S)N=NC2(c2cc(CC)c(O)cc2O)c2cc(CC)c(O)cc2O)c2ccn(C(C)C)c12. The van der Waals surface area contributed by atoms with Gasteiger partial charge in [0.2, 0.25) is 0 Å². The Kier molecular flexibility index (Phi) is 8.94. The molecule has 53 heavy (non-hydrogen) atoms. The maximum Gasteiger partial charge on any atom is 0.314 e. The quantitative estimate of drug-likeness (QED) is 0.0499. The fourth-order valence-corrected chi connectivity index (χ4v) is 9.05. The topological polar surface area (TPSA) is 125 Å². The van der Waals surface area contributed by atoms with Gasteiger partial charge in [-0.2, -0.15) is 4.48 Å². The lowest BCUT2D eigenvalue weighted by molar-refractivity contribution is 0.219. The van der Waals surface area contributed by atoms with Gasteiger partial charge in [0.25, 0.3) is 5.66 Å². The minimum Gasteiger partial charge on any atom is -0.508 e. The molecule has 4 N–H and O–H groups in total. The van der Waals surface area contributed by atoms with Crippen molar-refractivity contribution in [2.75, 3.05) is 6.61 Å². The molecule has 0 saturated heterocycles. The molecule has 1 aliphatic rings. The minimum absolute atomic E-state index is 0.0648. The molecule has 0 bridgehead atoms. The Hall–Kier alpha value is -4.78. The molecule has 0 amide bonds. The molecule has 0 radical (unpaired) electrons. The molecule has 1 atom stereocenters. The fourth-order valence-electron chi connectivity index (χ4n) is 8.22. The second kappa shape index (κ2) is 13.0. The molecule has 0 aliphatic carbocycles. The number of phenolic OH excluding ortho intramolecular Hbond substituents is 4. The predicted octanol–water partition coefficient (Wildman–Crippen LogP) is 9.85. The molecule has 1 aliphatic heterocycles. The average Bonchev–Trinajstić information content (AvgIpc) is 3.76. The van der Waals surface area contributed by atoms with E-state index in [0.29, 0.717) is 47.7 Å². The van der Waals surface area contributed by atoms with Crippen molar-refractivity contribution in [1.29, 1.82) is 0 Å². The zero-order valence-corrected chi connectivity index (χ0v) is 32.7. The first-order valence-corrected chi connectivity index (χ1v) is 18.8. The lowest BCUT2D eigenvalue weighted by atomic mass is 9.82. The molecule has 0 spiro atoms. The number of rotatable bonds is 9. The number of phenols is 4. The van der Waals surface area contributed by atoms with Crippen molar-refractivity contribution in [3.8, 4) is 28.7 Å². The van der Waals surface area contributed by atoms with Gasteiger partial charge in [0.1, 0.15) is 34.4 Å². The van der Waals surface area contributed by atoms with Gasteiger partial charge in [0.15, 0.2) is 5.69 Å². The minimum atomic E-state index is -1.86. The number of azo groups is 1. The van der Waals surface area contributed by atoms with Crippen molar-refractivity contribution in [3.63, 3.8) is 0 Å². The van der Waals surface area contributed by atoms with Gasteiger partial charge < -0.3 is 34.3 Å². The Bertz CT molecular complexity index is 2390. The van der Waals surface area contributed by atoms with E-state index in [9.17, 15) is 20.4 Å². The Morgan fingerprint density at radius 2 is 1.42 bits per heavy atom. The lowest BCUT2D eigenvalue weighted by Crippen LogP contribution is -2.64. The number of benzene rings is 4. The van der Waals surface area contributed by atoms with Crippen molar-refractivity contribution in [1.82, 2.24) is 13.6 Å². The third-order valence-electron chi connectivity index (χ3n) is 10.9. The summed E-state index contributed by atoms with van der Waals surface area (Å²) in [4.78, 5) is 0. The molecule has 12 heteroatoms. The van der Waals surface area contributed by atoms with Crippen LogP contribution in [0.3, 0.4) is 0 Å². The third-order valence-corrected chi connectivity index (χ3v) is 11.6. The second-order valence-electron chi connectivity index (χ2n) is 14.0. The summed E-state index contributed by atoms with van der Waals surface area (Å²) in [5.74, 6) is -0.0268. The van der Waals surface area contributed by atoms with E-state index in [1.54, 1.807) is 12.1 Å². The summed E-state index contributed by atoms with van der Waals surface area (Å²) in [5.41, 5.74) is 3.93. The van der Waals surface area contributed by atoms with Crippen LogP contribution < -0.4 is 9.22 Å². The van der Waals surface area contributed by atoms with Crippen LogP contribution in [0.15, 0.2) is 83.2 Å².